The third kappa shape index (κ3) is 3.90. The SMILES string of the molecule is Oc1ccc(O)c(Cl)c1Cl.Oc1ccc(O)c(Cl)c1Cl. The number of aromatic hydroxyl groups is 4. The van der Waals surface area contributed by atoms with E-state index in [-0.39, 0.29) is 43.1 Å². The highest BCUT2D eigenvalue weighted by Crippen LogP contribution is 2.37. The van der Waals surface area contributed by atoms with E-state index in [0.29, 0.717) is 0 Å². The molecule has 4 nitrogen and oxygen atoms in total. The second-order valence-electron chi connectivity index (χ2n) is 3.46. The van der Waals surface area contributed by atoms with Crippen LogP contribution in [0.15, 0.2) is 24.3 Å². The zero-order valence-corrected chi connectivity index (χ0v) is 12.6. The first kappa shape index (κ1) is 16.9. The molecule has 0 unspecified atom stereocenters. The smallest absolute Gasteiger partial charge is 0.135 e. The van der Waals surface area contributed by atoms with Crippen molar-refractivity contribution in [1.82, 2.24) is 0 Å². The Kier molecular flexibility index (Phi) is 5.89. The van der Waals surface area contributed by atoms with Crippen LogP contribution in [0.3, 0.4) is 0 Å². The van der Waals surface area contributed by atoms with Gasteiger partial charge in [-0.25, -0.2) is 0 Å². The van der Waals surface area contributed by atoms with E-state index in [4.69, 9.17) is 66.8 Å². The summed E-state index contributed by atoms with van der Waals surface area (Å²) in [5.74, 6) is -0.539. The Morgan fingerprint density at radius 3 is 0.750 bits per heavy atom. The van der Waals surface area contributed by atoms with Gasteiger partial charge in [0.2, 0.25) is 0 Å². The molecule has 0 fully saturated rings. The number of phenols is 4. The first-order valence-electron chi connectivity index (χ1n) is 4.97. The van der Waals surface area contributed by atoms with Gasteiger partial charge in [-0.2, -0.15) is 0 Å². The first-order valence-corrected chi connectivity index (χ1v) is 6.48. The molecular formula is C12H8Cl4O4. The largest absolute Gasteiger partial charge is 0.506 e. The number of hydrogen-bond donors (Lipinski definition) is 4. The topological polar surface area (TPSA) is 80.9 Å². The van der Waals surface area contributed by atoms with E-state index < -0.39 is 0 Å². The molecule has 2 rings (SSSR count). The van der Waals surface area contributed by atoms with Gasteiger partial charge < -0.3 is 20.4 Å². The molecule has 0 aliphatic rings. The molecule has 2 aromatic carbocycles. The molecule has 2 aromatic rings. The van der Waals surface area contributed by atoms with Crippen LogP contribution in [0.4, 0.5) is 0 Å². The van der Waals surface area contributed by atoms with Crippen LogP contribution in [0.2, 0.25) is 20.1 Å². The monoisotopic (exact) mass is 356 g/mol. The van der Waals surface area contributed by atoms with E-state index in [2.05, 4.69) is 0 Å². The lowest BCUT2D eigenvalue weighted by Crippen LogP contribution is -1.71. The van der Waals surface area contributed by atoms with Gasteiger partial charge in [0.1, 0.15) is 43.1 Å². The van der Waals surface area contributed by atoms with Crippen LogP contribution in [0.25, 0.3) is 0 Å². The van der Waals surface area contributed by atoms with E-state index >= 15 is 0 Å². The van der Waals surface area contributed by atoms with Gasteiger partial charge in [0.05, 0.1) is 0 Å². The van der Waals surface area contributed by atoms with Crippen molar-refractivity contribution in [2.75, 3.05) is 0 Å². The Labute approximate surface area is 134 Å². The third-order valence-electron chi connectivity index (χ3n) is 2.08. The van der Waals surface area contributed by atoms with E-state index in [1.54, 1.807) is 0 Å². The van der Waals surface area contributed by atoms with Crippen molar-refractivity contribution < 1.29 is 20.4 Å². The highest BCUT2D eigenvalue weighted by Gasteiger charge is 2.07. The van der Waals surface area contributed by atoms with Crippen molar-refractivity contribution in [3.63, 3.8) is 0 Å². The van der Waals surface area contributed by atoms with Crippen molar-refractivity contribution >= 4 is 46.4 Å². The Balaban J connectivity index is 0.000000200. The first-order chi connectivity index (χ1) is 9.25. The maximum Gasteiger partial charge on any atom is 0.135 e. The summed E-state index contributed by atoms with van der Waals surface area (Å²) in [7, 11) is 0. The van der Waals surface area contributed by atoms with Crippen molar-refractivity contribution in [1.29, 1.82) is 0 Å². The van der Waals surface area contributed by atoms with Gasteiger partial charge in [0, 0.05) is 0 Å². The van der Waals surface area contributed by atoms with E-state index in [1.807, 2.05) is 0 Å². The normalized spacial score (nSPS) is 9.80. The predicted octanol–water partition coefficient (Wildman–Crippen LogP) is 4.81. The fourth-order valence-corrected chi connectivity index (χ4v) is 1.70. The molecule has 0 heterocycles. The lowest BCUT2D eigenvalue weighted by Gasteiger charge is -1.99. The van der Waals surface area contributed by atoms with Crippen molar-refractivity contribution in [3.05, 3.63) is 44.4 Å². The van der Waals surface area contributed by atoms with E-state index in [9.17, 15) is 0 Å². The Hall–Kier alpha value is -1.20. The second kappa shape index (κ2) is 6.99. The minimum Gasteiger partial charge on any atom is -0.506 e. The molecule has 0 aliphatic carbocycles. The van der Waals surface area contributed by atoms with Gasteiger partial charge in [-0.3, -0.25) is 0 Å². The molecule has 0 spiro atoms. The Morgan fingerprint density at radius 2 is 0.600 bits per heavy atom. The molecule has 0 bridgehead atoms. The van der Waals surface area contributed by atoms with Crippen LogP contribution in [0.5, 0.6) is 23.0 Å². The average Bonchev–Trinajstić information content (AvgIpc) is 2.43. The summed E-state index contributed by atoms with van der Waals surface area (Å²) in [6.07, 6.45) is 0. The van der Waals surface area contributed by atoms with Gasteiger partial charge in [-0.1, -0.05) is 46.4 Å². The van der Waals surface area contributed by atoms with E-state index in [1.165, 1.54) is 24.3 Å². The van der Waals surface area contributed by atoms with Crippen molar-refractivity contribution in [2.45, 2.75) is 0 Å². The van der Waals surface area contributed by atoms with Crippen LogP contribution in [-0.2, 0) is 0 Å². The highest BCUT2D eigenvalue weighted by atomic mass is 35.5. The maximum atomic E-state index is 8.90. The zero-order chi connectivity index (χ0) is 15.4. The van der Waals surface area contributed by atoms with Crippen LogP contribution < -0.4 is 0 Å². The standard InChI is InChI=1S/2C6H4Cl2O2/c2*7-5-3(9)1-2-4(10)6(5)8/h2*1-2,9-10H. The minimum atomic E-state index is -0.135. The maximum absolute atomic E-state index is 8.90. The summed E-state index contributed by atoms with van der Waals surface area (Å²) in [6.45, 7) is 0. The summed E-state index contributed by atoms with van der Waals surface area (Å²) < 4.78 is 0. The fraction of sp³-hybridized carbons (Fsp3) is 0. The van der Waals surface area contributed by atoms with Gasteiger partial charge in [-0.05, 0) is 24.3 Å². The van der Waals surface area contributed by atoms with Crippen LogP contribution >= 0.6 is 46.4 Å². The molecular weight excluding hydrogens is 350 g/mol. The number of benzene rings is 2. The Bertz CT molecular complexity index is 522. The molecule has 0 amide bonds. The number of hydrogen-bond acceptors (Lipinski definition) is 4. The molecule has 0 aliphatic heterocycles. The number of rotatable bonds is 0. The predicted molar refractivity (Wildman–Crippen MR) is 79.6 cm³/mol. The van der Waals surface area contributed by atoms with E-state index in [0.717, 1.165) is 0 Å². The Morgan fingerprint density at radius 1 is 0.450 bits per heavy atom. The number of halogens is 4. The highest BCUT2D eigenvalue weighted by molar-refractivity contribution is 6.44. The summed E-state index contributed by atoms with van der Waals surface area (Å²) in [5.41, 5.74) is 0. The van der Waals surface area contributed by atoms with Crippen LogP contribution in [-0.4, -0.2) is 20.4 Å². The van der Waals surface area contributed by atoms with Crippen molar-refractivity contribution in [2.24, 2.45) is 0 Å². The molecule has 0 saturated heterocycles. The zero-order valence-electron chi connectivity index (χ0n) is 9.61. The average molecular weight is 358 g/mol. The molecule has 4 N–H and O–H groups in total. The summed E-state index contributed by atoms with van der Waals surface area (Å²) in [6, 6.07) is 5.07. The molecule has 20 heavy (non-hydrogen) atoms. The minimum absolute atomic E-state index is 0.0262. The molecule has 0 atom stereocenters. The van der Waals surface area contributed by atoms with Gasteiger partial charge in [0.15, 0.2) is 0 Å². The molecule has 108 valence electrons. The summed E-state index contributed by atoms with van der Waals surface area (Å²) >= 11 is 21.8. The quantitative estimate of drug-likeness (QED) is 0.510. The van der Waals surface area contributed by atoms with Crippen molar-refractivity contribution in [3.8, 4) is 23.0 Å². The molecule has 0 radical (unpaired) electrons. The molecule has 8 heteroatoms. The lowest BCUT2D eigenvalue weighted by molar-refractivity contribution is 0.460. The van der Waals surface area contributed by atoms with Gasteiger partial charge in [0.25, 0.3) is 0 Å². The van der Waals surface area contributed by atoms with Crippen LogP contribution in [0, 0.1) is 0 Å². The van der Waals surface area contributed by atoms with Gasteiger partial charge in [-0.15, -0.1) is 0 Å². The second-order valence-corrected chi connectivity index (χ2v) is 4.98. The van der Waals surface area contributed by atoms with Crippen LogP contribution in [0.1, 0.15) is 0 Å². The lowest BCUT2D eigenvalue weighted by atomic mass is 10.3. The number of phenolic OH excluding ortho intramolecular Hbond substituents is 4. The summed E-state index contributed by atoms with van der Waals surface area (Å²) in [4.78, 5) is 0. The third-order valence-corrected chi connectivity index (χ3v) is 3.81. The molecule has 0 saturated carbocycles. The van der Waals surface area contributed by atoms with Gasteiger partial charge >= 0.3 is 0 Å². The molecule has 0 aromatic heterocycles. The summed E-state index contributed by atoms with van der Waals surface area (Å²) in [5, 5.41) is 35.5. The fourth-order valence-electron chi connectivity index (χ4n) is 1.06.